The smallest absolute Gasteiger partial charge is 0.263 e. The molecule has 1 aromatic heterocycles. The second-order valence-electron chi connectivity index (χ2n) is 4.17. The van der Waals surface area contributed by atoms with Gasteiger partial charge in [0.2, 0.25) is 0 Å². The monoisotopic (exact) mass is 325 g/mol. The number of hydrogen-bond acceptors (Lipinski definition) is 4. The van der Waals surface area contributed by atoms with Gasteiger partial charge in [0.15, 0.2) is 12.4 Å². The van der Waals surface area contributed by atoms with E-state index in [1.807, 2.05) is 12.1 Å². The third-order valence-corrected chi connectivity index (χ3v) is 3.09. The van der Waals surface area contributed by atoms with E-state index >= 15 is 0 Å². The molecule has 0 radical (unpaired) electrons. The lowest BCUT2D eigenvalue weighted by Gasteiger charge is -2.08. The average molecular weight is 326 g/mol. The minimum absolute atomic E-state index is 0.150. The van der Waals surface area contributed by atoms with Crippen molar-refractivity contribution in [1.82, 2.24) is 4.98 Å². The first-order valence-electron chi connectivity index (χ1n) is 6.11. The molecule has 0 spiro atoms. The number of nitrogens with two attached hydrogens (primary N) is 1. The lowest BCUT2D eigenvalue weighted by atomic mass is 10.2. The molecule has 0 aliphatic carbocycles. The highest BCUT2D eigenvalue weighted by Crippen LogP contribution is 2.22. The van der Waals surface area contributed by atoms with Crippen LogP contribution in [0.1, 0.15) is 5.56 Å². The summed E-state index contributed by atoms with van der Waals surface area (Å²) >= 11 is 11.6. The Morgan fingerprint density at radius 3 is 2.62 bits per heavy atom. The molecular formula is C14H13Cl2N3O2. The van der Waals surface area contributed by atoms with E-state index in [-0.39, 0.29) is 23.4 Å². The van der Waals surface area contributed by atoms with Gasteiger partial charge in [0.25, 0.3) is 5.91 Å². The molecule has 1 aromatic carbocycles. The Hall–Kier alpha value is -1.82. The molecule has 0 atom stereocenters. The topological polar surface area (TPSA) is 77.2 Å². The zero-order valence-electron chi connectivity index (χ0n) is 11.0. The lowest BCUT2D eigenvalue weighted by Crippen LogP contribution is -2.21. The summed E-state index contributed by atoms with van der Waals surface area (Å²) in [6.07, 6.45) is 1.40. The number of nitrogens with zero attached hydrogens (tertiary/aromatic N) is 1. The molecular weight excluding hydrogens is 313 g/mol. The van der Waals surface area contributed by atoms with Crippen molar-refractivity contribution < 1.29 is 9.53 Å². The Labute approximate surface area is 132 Å². The Morgan fingerprint density at radius 2 is 2.00 bits per heavy atom. The first kappa shape index (κ1) is 15.6. The number of rotatable bonds is 5. The number of amides is 1. The van der Waals surface area contributed by atoms with E-state index in [0.29, 0.717) is 17.3 Å². The minimum Gasteiger partial charge on any atom is -0.484 e. The summed E-state index contributed by atoms with van der Waals surface area (Å²) < 4.78 is 5.35. The number of halogens is 2. The normalized spacial score (nSPS) is 10.2. The second-order valence-corrected chi connectivity index (χ2v) is 5.01. The number of carbonyl (C=O) groups excluding carboxylic acids is 1. The molecule has 2 rings (SSSR count). The van der Waals surface area contributed by atoms with E-state index < -0.39 is 0 Å². The van der Waals surface area contributed by atoms with Crippen molar-refractivity contribution in [3.63, 3.8) is 0 Å². The van der Waals surface area contributed by atoms with Gasteiger partial charge in [-0.2, -0.15) is 0 Å². The largest absolute Gasteiger partial charge is 0.484 e. The molecule has 0 bridgehead atoms. The van der Waals surface area contributed by atoms with E-state index in [9.17, 15) is 4.79 Å². The number of aromatic nitrogens is 1. The van der Waals surface area contributed by atoms with E-state index in [0.717, 1.165) is 5.56 Å². The maximum absolute atomic E-state index is 11.8. The predicted octanol–water partition coefficient (Wildman–Crippen LogP) is 2.86. The van der Waals surface area contributed by atoms with Gasteiger partial charge in [0.1, 0.15) is 5.75 Å². The van der Waals surface area contributed by atoms with Crippen molar-refractivity contribution in [2.45, 2.75) is 6.54 Å². The summed E-state index contributed by atoms with van der Waals surface area (Å²) in [6.45, 7) is 0.310. The standard InChI is InChI=1S/C14H13Cl2N3O2/c15-10-5-12(16)14(18-7-10)19-13(20)8-21-11-3-1-9(6-17)2-4-11/h1-5,7H,6,8,17H2,(H,18,19,20). The Kier molecular flexibility index (Phi) is 5.38. The molecule has 0 unspecified atom stereocenters. The molecule has 21 heavy (non-hydrogen) atoms. The summed E-state index contributed by atoms with van der Waals surface area (Å²) in [7, 11) is 0. The van der Waals surface area contributed by atoms with Crippen LogP contribution in [0.4, 0.5) is 5.82 Å². The third kappa shape index (κ3) is 4.60. The van der Waals surface area contributed by atoms with Crippen LogP contribution in [0.5, 0.6) is 5.75 Å². The van der Waals surface area contributed by atoms with E-state index in [4.69, 9.17) is 33.7 Å². The van der Waals surface area contributed by atoms with Crippen molar-refractivity contribution in [3.8, 4) is 5.75 Å². The summed E-state index contributed by atoms with van der Waals surface area (Å²) in [5.41, 5.74) is 6.49. The van der Waals surface area contributed by atoms with Crippen molar-refractivity contribution in [1.29, 1.82) is 0 Å². The quantitative estimate of drug-likeness (QED) is 0.886. The van der Waals surface area contributed by atoms with Crippen molar-refractivity contribution in [3.05, 3.63) is 52.1 Å². The maximum Gasteiger partial charge on any atom is 0.263 e. The van der Waals surface area contributed by atoms with Crippen LogP contribution in [0.25, 0.3) is 0 Å². The highest BCUT2D eigenvalue weighted by Gasteiger charge is 2.08. The second kappa shape index (κ2) is 7.26. The molecule has 0 aliphatic rings. The Bertz CT molecular complexity index is 633. The number of anilines is 1. The third-order valence-electron chi connectivity index (χ3n) is 2.59. The molecule has 1 amide bonds. The van der Waals surface area contributed by atoms with Gasteiger partial charge < -0.3 is 15.8 Å². The minimum atomic E-state index is -0.366. The van der Waals surface area contributed by atoms with Crippen LogP contribution in [0.3, 0.4) is 0 Å². The Balaban J connectivity index is 1.89. The van der Waals surface area contributed by atoms with E-state index in [1.165, 1.54) is 12.3 Å². The molecule has 2 aromatic rings. The van der Waals surface area contributed by atoms with Gasteiger partial charge in [-0.1, -0.05) is 35.3 Å². The molecule has 0 aliphatic heterocycles. The summed E-state index contributed by atoms with van der Waals surface area (Å²) in [5, 5.41) is 3.21. The van der Waals surface area contributed by atoms with Gasteiger partial charge in [-0.3, -0.25) is 4.79 Å². The first-order chi connectivity index (χ1) is 10.1. The predicted molar refractivity (Wildman–Crippen MR) is 82.7 cm³/mol. The highest BCUT2D eigenvalue weighted by atomic mass is 35.5. The maximum atomic E-state index is 11.8. The zero-order valence-corrected chi connectivity index (χ0v) is 12.5. The van der Waals surface area contributed by atoms with Crippen molar-refractivity contribution in [2.75, 3.05) is 11.9 Å². The van der Waals surface area contributed by atoms with E-state index in [2.05, 4.69) is 10.3 Å². The van der Waals surface area contributed by atoms with E-state index in [1.54, 1.807) is 12.1 Å². The Morgan fingerprint density at radius 1 is 1.29 bits per heavy atom. The van der Waals surface area contributed by atoms with Gasteiger partial charge in [-0.05, 0) is 23.8 Å². The highest BCUT2D eigenvalue weighted by molar-refractivity contribution is 6.36. The number of benzene rings is 1. The van der Waals surface area contributed by atoms with Gasteiger partial charge in [0.05, 0.1) is 10.0 Å². The zero-order chi connectivity index (χ0) is 15.2. The van der Waals surface area contributed by atoms with Gasteiger partial charge >= 0.3 is 0 Å². The number of pyridine rings is 1. The van der Waals surface area contributed by atoms with Crippen molar-refractivity contribution in [2.24, 2.45) is 5.73 Å². The fourth-order valence-corrected chi connectivity index (χ4v) is 1.97. The average Bonchev–Trinajstić information content (AvgIpc) is 2.48. The number of hydrogen-bond donors (Lipinski definition) is 2. The first-order valence-corrected chi connectivity index (χ1v) is 6.87. The lowest BCUT2D eigenvalue weighted by molar-refractivity contribution is -0.118. The fraction of sp³-hybridized carbons (Fsp3) is 0.143. The number of ether oxygens (including phenoxy) is 1. The molecule has 0 saturated carbocycles. The number of carbonyl (C=O) groups is 1. The molecule has 7 heteroatoms. The molecule has 0 fully saturated rings. The molecule has 1 heterocycles. The van der Waals surface area contributed by atoms with Crippen LogP contribution >= 0.6 is 23.2 Å². The fourth-order valence-electron chi connectivity index (χ4n) is 1.55. The van der Waals surface area contributed by atoms with Crippen LogP contribution < -0.4 is 15.8 Å². The molecule has 110 valence electrons. The summed E-state index contributed by atoms with van der Waals surface area (Å²) in [4.78, 5) is 15.7. The van der Waals surface area contributed by atoms with Crippen molar-refractivity contribution >= 4 is 34.9 Å². The van der Waals surface area contributed by atoms with Crippen LogP contribution in [0.2, 0.25) is 10.0 Å². The number of nitrogens with one attached hydrogen (secondary N) is 1. The van der Waals surface area contributed by atoms with Gasteiger partial charge in [-0.15, -0.1) is 0 Å². The van der Waals surface area contributed by atoms with Gasteiger partial charge in [0, 0.05) is 12.7 Å². The van der Waals surface area contributed by atoms with Crippen LogP contribution in [-0.4, -0.2) is 17.5 Å². The summed E-state index contributed by atoms with van der Waals surface area (Å²) in [5.74, 6) is 0.459. The SMILES string of the molecule is NCc1ccc(OCC(=O)Nc2ncc(Cl)cc2Cl)cc1. The van der Waals surface area contributed by atoms with Crippen LogP contribution in [-0.2, 0) is 11.3 Å². The van der Waals surface area contributed by atoms with Gasteiger partial charge in [-0.25, -0.2) is 4.98 Å². The molecule has 0 saturated heterocycles. The molecule has 5 nitrogen and oxygen atoms in total. The van der Waals surface area contributed by atoms with Crippen LogP contribution in [0, 0.1) is 0 Å². The van der Waals surface area contributed by atoms with Crippen LogP contribution in [0.15, 0.2) is 36.5 Å². The molecule has 3 N–H and O–H groups in total. The summed E-state index contributed by atoms with van der Waals surface area (Å²) in [6, 6.07) is 8.68.